The van der Waals surface area contributed by atoms with Crippen molar-refractivity contribution in [2.75, 3.05) is 13.7 Å². The number of nitrogens with zero attached hydrogens (tertiary/aromatic N) is 2. The first kappa shape index (κ1) is 8.70. The first-order valence-corrected chi connectivity index (χ1v) is 3.59. The average molecular weight is 171 g/mol. The molecule has 0 fully saturated rings. The Morgan fingerprint density at radius 3 is 3.17 bits per heavy atom. The number of rotatable bonds is 3. The summed E-state index contributed by atoms with van der Waals surface area (Å²) in [5.74, 6) is -0.249. The first-order chi connectivity index (χ1) is 5.79. The fourth-order valence-electron chi connectivity index (χ4n) is 0.912. The third kappa shape index (κ3) is 1.61. The Labute approximate surface area is 69.4 Å². The van der Waals surface area contributed by atoms with E-state index in [-0.39, 0.29) is 12.5 Å². The minimum atomic E-state index is -0.522. The van der Waals surface area contributed by atoms with Crippen molar-refractivity contribution in [2.45, 2.75) is 6.54 Å². The molecule has 0 bridgehead atoms. The molecule has 0 spiro atoms. The third-order valence-electron chi connectivity index (χ3n) is 1.47. The Kier molecular flexibility index (Phi) is 2.79. The molecule has 1 heterocycles. The molecular formula is C7H10FN3O. The van der Waals surface area contributed by atoms with Gasteiger partial charge in [-0.1, -0.05) is 0 Å². The summed E-state index contributed by atoms with van der Waals surface area (Å²) in [7, 11) is 1.52. The second-order valence-electron chi connectivity index (χ2n) is 2.21. The van der Waals surface area contributed by atoms with Gasteiger partial charge in [-0.3, -0.25) is 9.48 Å². The van der Waals surface area contributed by atoms with E-state index in [0.29, 0.717) is 5.69 Å². The molecule has 0 radical (unpaired) electrons. The zero-order valence-electron chi connectivity index (χ0n) is 6.75. The summed E-state index contributed by atoms with van der Waals surface area (Å²) in [5, 5.41) is 6.23. The van der Waals surface area contributed by atoms with Gasteiger partial charge in [0.05, 0.1) is 6.54 Å². The molecule has 0 saturated carbocycles. The predicted octanol–water partition coefficient (Wildman–Crippen LogP) is 0.212. The van der Waals surface area contributed by atoms with Crippen molar-refractivity contribution in [2.24, 2.45) is 0 Å². The van der Waals surface area contributed by atoms with Crippen LogP contribution in [-0.4, -0.2) is 29.4 Å². The Morgan fingerprint density at radius 2 is 2.58 bits per heavy atom. The van der Waals surface area contributed by atoms with E-state index in [4.69, 9.17) is 0 Å². The zero-order chi connectivity index (χ0) is 8.97. The van der Waals surface area contributed by atoms with Gasteiger partial charge >= 0.3 is 0 Å². The average Bonchev–Trinajstić information content (AvgIpc) is 2.52. The lowest BCUT2D eigenvalue weighted by Crippen LogP contribution is -2.22. The number of halogens is 1. The summed E-state index contributed by atoms with van der Waals surface area (Å²) in [5.41, 5.74) is 0.384. The first-order valence-electron chi connectivity index (χ1n) is 3.59. The monoisotopic (exact) mass is 171 g/mol. The molecule has 1 rings (SSSR count). The van der Waals surface area contributed by atoms with Gasteiger partial charge in [0.1, 0.15) is 12.4 Å². The number of aromatic nitrogens is 2. The smallest absolute Gasteiger partial charge is 0.269 e. The van der Waals surface area contributed by atoms with Crippen molar-refractivity contribution >= 4 is 5.91 Å². The van der Waals surface area contributed by atoms with Crippen LogP contribution in [0, 0.1) is 0 Å². The fraction of sp³-hybridized carbons (Fsp3) is 0.429. The van der Waals surface area contributed by atoms with E-state index in [9.17, 15) is 9.18 Å². The summed E-state index contributed by atoms with van der Waals surface area (Å²) in [6, 6.07) is 1.55. The Bertz CT molecular complexity index is 271. The standard InChI is InChI=1S/C7H10FN3O/c1-9-7(12)6-2-4-10-11(6)5-3-8/h2,4H,3,5H2,1H3,(H,9,12). The van der Waals surface area contributed by atoms with Crippen molar-refractivity contribution in [1.29, 1.82) is 0 Å². The minimum absolute atomic E-state index is 0.121. The van der Waals surface area contributed by atoms with Gasteiger partial charge in [-0.2, -0.15) is 5.10 Å². The molecule has 1 amide bonds. The van der Waals surface area contributed by atoms with Gasteiger partial charge in [0.25, 0.3) is 5.91 Å². The van der Waals surface area contributed by atoms with E-state index in [0.717, 1.165) is 0 Å². The number of nitrogens with one attached hydrogen (secondary N) is 1. The summed E-state index contributed by atoms with van der Waals surface area (Å²) >= 11 is 0. The van der Waals surface area contributed by atoms with Crippen molar-refractivity contribution in [3.8, 4) is 0 Å². The SMILES string of the molecule is CNC(=O)c1ccnn1CCF. The molecule has 1 N–H and O–H groups in total. The number of hydrogen-bond donors (Lipinski definition) is 1. The van der Waals surface area contributed by atoms with E-state index in [1.54, 1.807) is 6.07 Å². The molecule has 66 valence electrons. The highest BCUT2D eigenvalue weighted by Crippen LogP contribution is 1.98. The molecular weight excluding hydrogens is 161 g/mol. The number of aryl methyl sites for hydroxylation is 1. The Morgan fingerprint density at radius 1 is 1.83 bits per heavy atom. The fourth-order valence-corrected chi connectivity index (χ4v) is 0.912. The second kappa shape index (κ2) is 3.85. The van der Waals surface area contributed by atoms with Crippen LogP contribution in [0.25, 0.3) is 0 Å². The molecule has 0 saturated heterocycles. The van der Waals surface area contributed by atoms with E-state index >= 15 is 0 Å². The summed E-state index contributed by atoms with van der Waals surface area (Å²) < 4.78 is 13.2. The van der Waals surface area contributed by atoms with Crippen LogP contribution < -0.4 is 5.32 Å². The van der Waals surface area contributed by atoms with Crippen LogP contribution in [0.2, 0.25) is 0 Å². The highest BCUT2D eigenvalue weighted by Gasteiger charge is 2.08. The van der Waals surface area contributed by atoms with Crippen LogP contribution in [0.5, 0.6) is 0 Å². The van der Waals surface area contributed by atoms with Gasteiger partial charge in [-0.05, 0) is 6.07 Å². The summed E-state index contributed by atoms with van der Waals surface area (Å²) in [6.45, 7) is -0.401. The molecule has 1 aromatic heterocycles. The van der Waals surface area contributed by atoms with Gasteiger partial charge in [0.2, 0.25) is 0 Å². The van der Waals surface area contributed by atoms with Crippen LogP contribution in [0.15, 0.2) is 12.3 Å². The number of alkyl halides is 1. The maximum Gasteiger partial charge on any atom is 0.269 e. The molecule has 0 atom stereocenters. The van der Waals surface area contributed by atoms with Crippen molar-refractivity contribution < 1.29 is 9.18 Å². The number of carbonyl (C=O) groups excluding carboxylic acids is 1. The molecule has 0 unspecified atom stereocenters. The van der Waals surface area contributed by atoms with Gasteiger partial charge in [-0.15, -0.1) is 0 Å². The lowest BCUT2D eigenvalue weighted by Gasteiger charge is -2.02. The van der Waals surface area contributed by atoms with Gasteiger partial charge in [0, 0.05) is 13.2 Å². The maximum absolute atomic E-state index is 11.9. The summed E-state index contributed by atoms with van der Waals surface area (Å²) in [4.78, 5) is 11.1. The number of amides is 1. The molecule has 1 aromatic rings. The highest BCUT2D eigenvalue weighted by molar-refractivity contribution is 5.92. The zero-order valence-corrected chi connectivity index (χ0v) is 6.75. The van der Waals surface area contributed by atoms with Crippen LogP contribution in [-0.2, 0) is 6.54 Å². The Hall–Kier alpha value is -1.39. The predicted molar refractivity (Wildman–Crippen MR) is 41.6 cm³/mol. The van der Waals surface area contributed by atoms with E-state index in [1.165, 1.54) is 17.9 Å². The highest BCUT2D eigenvalue weighted by atomic mass is 19.1. The Balaban J connectivity index is 2.83. The van der Waals surface area contributed by atoms with Crippen LogP contribution in [0.3, 0.4) is 0 Å². The lowest BCUT2D eigenvalue weighted by atomic mass is 10.4. The van der Waals surface area contributed by atoms with Crippen LogP contribution in [0.1, 0.15) is 10.5 Å². The normalized spacial score (nSPS) is 9.83. The molecule has 0 aliphatic heterocycles. The van der Waals surface area contributed by atoms with Gasteiger partial charge < -0.3 is 5.32 Å². The molecule has 4 nitrogen and oxygen atoms in total. The quantitative estimate of drug-likeness (QED) is 0.706. The molecule has 5 heteroatoms. The lowest BCUT2D eigenvalue weighted by molar-refractivity contribution is 0.0952. The van der Waals surface area contributed by atoms with Gasteiger partial charge in [0.15, 0.2) is 0 Å². The largest absolute Gasteiger partial charge is 0.354 e. The number of hydrogen-bond acceptors (Lipinski definition) is 2. The van der Waals surface area contributed by atoms with E-state index < -0.39 is 6.67 Å². The van der Waals surface area contributed by atoms with Gasteiger partial charge in [-0.25, -0.2) is 4.39 Å². The summed E-state index contributed by atoms with van der Waals surface area (Å²) in [6.07, 6.45) is 1.47. The van der Waals surface area contributed by atoms with Crippen molar-refractivity contribution in [3.05, 3.63) is 18.0 Å². The third-order valence-corrected chi connectivity index (χ3v) is 1.47. The van der Waals surface area contributed by atoms with Crippen LogP contribution >= 0.6 is 0 Å². The van der Waals surface area contributed by atoms with Crippen LogP contribution in [0.4, 0.5) is 4.39 Å². The molecule has 0 aromatic carbocycles. The van der Waals surface area contributed by atoms with E-state index in [2.05, 4.69) is 10.4 Å². The number of carbonyl (C=O) groups is 1. The maximum atomic E-state index is 11.9. The van der Waals surface area contributed by atoms with Crippen molar-refractivity contribution in [3.63, 3.8) is 0 Å². The van der Waals surface area contributed by atoms with Crippen molar-refractivity contribution in [1.82, 2.24) is 15.1 Å². The minimum Gasteiger partial charge on any atom is -0.354 e. The molecule has 0 aliphatic rings. The molecule has 12 heavy (non-hydrogen) atoms. The van der Waals surface area contributed by atoms with E-state index in [1.807, 2.05) is 0 Å². The second-order valence-corrected chi connectivity index (χ2v) is 2.21. The molecule has 0 aliphatic carbocycles. The topological polar surface area (TPSA) is 46.9 Å².